The Balaban J connectivity index is 1.50. The topological polar surface area (TPSA) is 18.5 Å². The maximum Gasteiger partial charge on any atom is 0.127 e. The first-order valence-corrected chi connectivity index (χ1v) is 22.7. The summed E-state index contributed by atoms with van der Waals surface area (Å²) in [4.78, 5) is 0. The van der Waals surface area contributed by atoms with Crippen LogP contribution >= 0.6 is 0 Å². The number of hydrogen-bond donors (Lipinski definition) is 0. The van der Waals surface area contributed by atoms with Gasteiger partial charge in [-0.3, -0.25) is 0 Å². The van der Waals surface area contributed by atoms with Gasteiger partial charge >= 0.3 is 0 Å². The number of unbranched alkanes of at least 4 members (excludes halogenated alkanes) is 6. The van der Waals surface area contributed by atoms with Crippen molar-refractivity contribution >= 4 is 64.6 Å². The van der Waals surface area contributed by atoms with E-state index in [1.54, 1.807) is 0 Å². The van der Waals surface area contributed by atoms with Crippen LogP contribution in [0.5, 0.6) is 11.5 Å². The zero-order chi connectivity index (χ0) is 41.7. The highest BCUT2D eigenvalue weighted by atomic mass is 16.5. The van der Waals surface area contributed by atoms with Gasteiger partial charge in [0.1, 0.15) is 11.5 Å². The zero-order valence-corrected chi connectivity index (χ0v) is 37.1. The van der Waals surface area contributed by atoms with Crippen LogP contribution < -0.4 is 9.47 Å². The molecule has 0 N–H and O–H groups in total. The van der Waals surface area contributed by atoms with E-state index >= 15 is 0 Å². The molecule has 0 aromatic heterocycles. The molecule has 304 valence electrons. The summed E-state index contributed by atoms with van der Waals surface area (Å²) in [5, 5.41) is 15.0. The Bertz CT molecular complexity index is 2820. The zero-order valence-electron chi connectivity index (χ0n) is 37.1. The Kier molecular flexibility index (Phi) is 10.9. The summed E-state index contributed by atoms with van der Waals surface area (Å²) >= 11 is 0. The van der Waals surface area contributed by atoms with E-state index in [2.05, 4.69) is 152 Å². The van der Waals surface area contributed by atoms with Gasteiger partial charge in [-0.25, -0.2) is 0 Å². The van der Waals surface area contributed by atoms with E-state index in [1.165, 1.54) is 159 Å². The lowest BCUT2D eigenvalue weighted by Gasteiger charge is -2.24. The van der Waals surface area contributed by atoms with Crippen molar-refractivity contribution in [1.82, 2.24) is 0 Å². The molecule has 0 aliphatic rings. The molecular weight excluding hydrogens is 729 g/mol. The minimum atomic E-state index is 0.709. The summed E-state index contributed by atoms with van der Waals surface area (Å²) < 4.78 is 13.8. The van der Waals surface area contributed by atoms with Gasteiger partial charge in [0.25, 0.3) is 0 Å². The van der Waals surface area contributed by atoms with Crippen LogP contribution in [0, 0.1) is 41.5 Å². The minimum absolute atomic E-state index is 0.709. The second-order valence-corrected chi connectivity index (χ2v) is 17.7. The second-order valence-electron chi connectivity index (χ2n) is 17.7. The van der Waals surface area contributed by atoms with Crippen LogP contribution in [0.2, 0.25) is 0 Å². The highest BCUT2D eigenvalue weighted by Gasteiger charge is 2.25. The van der Waals surface area contributed by atoms with Crippen molar-refractivity contribution in [3.05, 3.63) is 130 Å². The van der Waals surface area contributed by atoms with E-state index in [9.17, 15) is 0 Å². The predicted molar refractivity (Wildman–Crippen MR) is 261 cm³/mol. The summed E-state index contributed by atoms with van der Waals surface area (Å²) in [6.45, 7) is 19.6. The molecule has 0 unspecified atom stereocenters. The average Bonchev–Trinajstić information content (AvgIpc) is 3.22. The van der Waals surface area contributed by atoms with Crippen molar-refractivity contribution < 1.29 is 9.47 Å². The van der Waals surface area contributed by atoms with Gasteiger partial charge in [0.05, 0.1) is 13.2 Å². The van der Waals surface area contributed by atoms with Gasteiger partial charge in [-0.1, -0.05) is 136 Å². The lowest BCUT2D eigenvalue weighted by Crippen LogP contribution is -2.01. The Morgan fingerprint density at radius 3 is 1.13 bits per heavy atom. The van der Waals surface area contributed by atoms with Crippen LogP contribution in [-0.4, -0.2) is 13.2 Å². The lowest BCUT2D eigenvalue weighted by molar-refractivity contribution is 0.308. The Morgan fingerprint density at radius 2 is 0.750 bits per heavy atom. The fourth-order valence-corrected chi connectivity index (χ4v) is 10.7. The number of fused-ring (bicyclic) bond motifs is 4. The quantitative estimate of drug-likeness (QED) is 0.0621. The van der Waals surface area contributed by atoms with Crippen molar-refractivity contribution in [2.75, 3.05) is 13.2 Å². The molecule has 0 saturated carbocycles. The lowest BCUT2D eigenvalue weighted by atomic mass is 9.80. The van der Waals surface area contributed by atoms with E-state index in [0.29, 0.717) is 13.2 Å². The summed E-state index contributed by atoms with van der Waals surface area (Å²) in [5.41, 5.74) is 13.0. The monoisotopic (exact) mass is 788 g/mol. The first-order chi connectivity index (χ1) is 29.2. The van der Waals surface area contributed by atoms with Crippen molar-refractivity contribution in [2.24, 2.45) is 0 Å². The number of hydrogen-bond acceptors (Lipinski definition) is 2. The third-order valence-electron chi connectivity index (χ3n) is 13.2. The molecule has 0 amide bonds. The average molecular weight is 789 g/mol. The molecule has 0 spiro atoms. The molecule has 60 heavy (non-hydrogen) atoms. The normalized spacial score (nSPS) is 12.0. The molecule has 9 aromatic rings. The highest BCUT2D eigenvalue weighted by molar-refractivity contribution is 6.36. The van der Waals surface area contributed by atoms with Gasteiger partial charge in [-0.15, -0.1) is 0 Å². The maximum absolute atomic E-state index is 6.90. The SMILES string of the molecule is CCCCCCOc1ccc2cccc3c(-c4c(C)cc(C)cc4C)c4cc5c(cc4c1c23)c(-c1c(C)cc(C)cc1C)c1cccc2ccc(OCCCCCC)c5c21. The van der Waals surface area contributed by atoms with E-state index < -0.39 is 0 Å². The van der Waals surface area contributed by atoms with Gasteiger partial charge in [0, 0.05) is 21.5 Å². The van der Waals surface area contributed by atoms with Gasteiger partial charge in [0.15, 0.2) is 0 Å². The fourth-order valence-electron chi connectivity index (χ4n) is 10.7. The van der Waals surface area contributed by atoms with Crippen LogP contribution in [0.15, 0.2) is 97.1 Å². The minimum Gasteiger partial charge on any atom is -0.493 e. The number of ether oxygens (including phenoxy) is 2. The summed E-state index contributed by atoms with van der Waals surface area (Å²) in [6.07, 6.45) is 9.34. The summed E-state index contributed by atoms with van der Waals surface area (Å²) in [5.74, 6) is 1.95. The predicted octanol–water partition coefficient (Wildman–Crippen LogP) is 17.1. The third-order valence-corrected chi connectivity index (χ3v) is 13.2. The van der Waals surface area contributed by atoms with Crippen molar-refractivity contribution in [3.63, 3.8) is 0 Å². The molecule has 2 nitrogen and oxygen atoms in total. The molecular formula is C58H60O2. The van der Waals surface area contributed by atoms with Gasteiger partial charge < -0.3 is 9.47 Å². The Morgan fingerprint density at radius 1 is 0.350 bits per heavy atom. The van der Waals surface area contributed by atoms with Crippen LogP contribution in [0.4, 0.5) is 0 Å². The smallest absolute Gasteiger partial charge is 0.127 e. The van der Waals surface area contributed by atoms with Gasteiger partial charge in [-0.05, 0) is 166 Å². The van der Waals surface area contributed by atoms with Gasteiger partial charge in [-0.2, -0.15) is 0 Å². The number of aryl methyl sites for hydroxylation is 6. The van der Waals surface area contributed by atoms with Gasteiger partial charge in [0.2, 0.25) is 0 Å². The number of benzene rings is 9. The molecule has 0 radical (unpaired) electrons. The molecule has 9 rings (SSSR count). The molecule has 2 heteroatoms. The first kappa shape index (κ1) is 39.8. The van der Waals surface area contributed by atoms with Crippen LogP contribution in [-0.2, 0) is 0 Å². The van der Waals surface area contributed by atoms with E-state index in [0.717, 1.165) is 24.3 Å². The molecule has 0 fully saturated rings. The molecule has 0 heterocycles. The maximum atomic E-state index is 6.90. The fraction of sp³-hybridized carbons (Fsp3) is 0.310. The van der Waals surface area contributed by atoms with Crippen molar-refractivity contribution in [1.29, 1.82) is 0 Å². The third kappa shape index (κ3) is 6.83. The molecule has 0 aliphatic heterocycles. The summed E-state index contributed by atoms with van der Waals surface area (Å²) in [6, 6.07) is 37.3. The Labute approximate surface area is 356 Å². The van der Waals surface area contributed by atoms with E-state index in [-0.39, 0.29) is 0 Å². The molecule has 0 bridgehead atoms. The first-order valence-electron chi connectivity index (χ1n) is 22.7. The molecule has 0 saturated heterocycles. The van der Waals surface area contributed by atoms with E-state index in [1.807, 2.05) is 0 Å². The van der Waals surface area contributed by atoms with Crippen LogP contribution in [0.1, 0.15) is 98.6 Å². The highest BCUT2D eigenvalue weighted by Crippen LogP contribution is 2.52. The van der Waals surface area contributed by atoms with Crippen LogP contribution in [0.3, 0.4) is 0 Å². The number of rotatable bonds is 14. The van der Waals surface area contributed by atoms with Crippen molar-refractivity contribution in [2.45, 2.75) is 107 Å². The van der Waals surface area contributed by atoms with E-state index in [4.69, 9.17) is 9.47 Å². The second kappa shape index (κ2) is 16.5. The molecule has 0 atom stereocenters. The summed E-state index contributed by atoms with van der Waals surface area (Å²) in [7, 11) is 0. The van der Waals surface area contributed by atoms with Crippen LogP contribution in [0.25, 0.3) is 86.9 Å². The van der Waals surface area contributed by atoms with Crippen molar-refractivity contribution in [3.8, 4) is 33.8 Å². The largest absolute Gasteiger partial charge is 0.493 e. The molecule has 9 aromatic carbocycles. The Hall–Kier alpha value is -5.60. The standard InChI is InChI=1S/C58H60O2/c1-9-11-13-15-27-59-49-25-23-41-19-17-21-43-53(41)57(49)47-33-46-48(34-45(47)55(43)51-37(5)29-35(3)30-38(51)6)58-50(60-28-16-14-12-10-2)26-24-42-20-18-22-44(54(42)58)56(46)52-39(7)31-36(4)32-40(52)8/h17-26,29-34H,9-16,27-28H2,1-8H3. The molecule has 0 aliphatic carbocycles.